The van der Waals surface area contributed by atoms with E-state index in [0.29, 0.717) is 22.3 Å². The highest BCUT2D eigenvalue weighted by molar-refractivity contribution is 7.80. The Bertz CT molecular complexity index is 1090. The van der Waals surface area contributed by atoms with Crippen LogP contribution in [0, 0.1) is 56.8 Å². The van der Waals surface area contributed by atoms with Crippen LogP contribution in [0.3, 0.4) is 0 Å². The van der Waals surface area contributed by atoms with Crippen LogP contribution in [-0.4, -0.2) is 10.2 Å². The lowest BCUT2D eigenvalue weighted by Crippen LogP contribution is -2.29. The van der Waals surface area contributed by atoms with Crippen LogP contribution in [0.5, 0.6) is 11.5 Å². The molecule has 2 nitrogen and oxygen atoms in total. The molecule has 3 rings (SSSR count). The monoisotopic (exact) mass is 440 g/mol. The Labute approximate surface area is 171 Å². The molecule has 0 aromatic heterocycles. The Morgan fingerprint density at radius 3 is 1.27 bits per heavy atom. The van der Waals surface area contributed by atoms with E-state index in [-0.39, 0.29) is 22.1 Å². The number of hydrogen-bond acceptors (Lipinski definition) is 2. The van der Waals surface area contributed by atoms with Gasteiger partial charge in [0.2, 0.25) is 5.82 Å². The third-order valence-corrected chi connectivity index (χ3v) is 7.23. The van der Waals surface area contributed by atoms with E-state index in [1.807, 2.05) is 0 Å². The van der Waals surface area contributed by atoms with Crippen molar-refractivity contribution >= 4 is 23.8 Å². The predicted octanol–water partition coefficient (Wildman–Crippen LogP) is 4.79. The fourth-order valence-corrected chi connectivity index (χ4v) is 6.15. The molecule has 3 aromatic carbocycles. The number of hydrogen-bond donors (Lipinski definition) is 2. The van der Waals surface area contributed by atoms with Gasteiger partial charge in [-0.3, -0.25) is 0 Å². The molecular weight excluding hydrogens is 422 g/mol. The van der Waals surface area contributed by atoms with Crippen molar-refractivity contribution in [2.24, 2.45) is 0 Å². The fraction of sp³-hybridized carbons (Fsp3) is 0.182. The molecule has 0 atom stereocenters. The van der Waals surface area contributed by atoms with Crippen molar-refractivity contribution in [3.63, 3.8) is 0 Å². The first-order valence-corrected chi connectivity index (χ1v) is 10.2. The molecule has 0 aliphatic rings. The van der Waals surface area contributed by atoms with Gasteiger partial charge in [0, 0.05) is 18.5 Å². The maximum atomic E-state index is 14.8. The van der Waals surface area contributed by atoms with Crippen molar-refractivity contribution in [2.45, 2.75) is 27.7 Å². The average molecular weight is 440 g/mol. The standard InChI is InChI=1S/C22H18F5O2P/c1-9-5-11(3)20(28)13(7-9)30(14-8-10(2)6-12(4)21(14)29)22-18(26)16(24)15(23)17(25)19(22)27/h5-8,28-29H,1-4H3. The second-order valence-electron chi connectivity index (χ2n) is 7.15. The van der Waals surface area contributed by atoms with Gasteiger partial charge in [0.1, 0.15) is 11.5 Å². The second-order valence-corrected chi connectivity index (χ2v) is 9.23. The SMILES string of the molecule is Cc1cc(C)c(O)c(P(c2cc(C)cc(C)c2O)c2c(F)c(F)c(F)c(F)c2F)c1. The summed E-state index contributed by atoms with van der Waals surface area (Å²) in [5.74, 6) is -11.1. The van der Waals surface area contributed by atoms with Gasteiger partial charge < -0.3 is 10.2 Å². The first kappa shape index (κ1) is 22.0. The number of aryl methyl sites for hydroxylation is 4. The van der Waals surface area contributed by atoms with Crippen LogP contribution < -0.4 is 15.9 Å². The molecule has 30 heavy (non-hydrogen) atoms. The Balaban J connectivity index is 2.52. The van der Waals surface area contributed by atoms with E-state index in [9.17, 15) is 32.2 Å². The third kappa shape index (κ3) is 3.52. The molecule has 0 heterocycles. The normalized spacial score (nSPS) is 11.4. The lowest BCUT2D eigenvalue weighted by atomic mass is 10.1. The van der Waals surface area contributed by atoms with Crippen LogP contribution in [0.15, 0.2) is 24.3 Å². The maximum Gasteiger partial charge on any atom is 0.200 e. The molecule has 0 amide bonds. The zero-order chi connectivity index (χ0) is 22.5. The first-order valence-electron chi connectivity index (χ1n) is 8.87. The molecule has 3 aromatic rings. The minimum atomic E-state index is -2.54. The molecular formula is C22H18F5O2P. The quantitative estimate of drug-likeness (QED) is 0.266. The molecule has 158 valence electrons. The zero-order valence-electron chi connectivity index (χ0n) is 16.5. The van der Waals surface area contributed by atoms with Gasteiger partial charge in [-0.25, -0.2) is 22.0 Å². The Morgan fingerprint density at radius 2 is 0.900 bits per heavy atom. The molecule has 2 N–H and O–H groups in total. The molecule has 0 aliphatic carbocycles. The van der Waals surface area contributed by atoms with Crippen molar-refractivity contribution < 1.29 is 32.2 Å². The number of halogens is 5. The number of benzene rings is 3. The summed E-state index contributed by atoms with van der Waals surface area (Å²) >= 11 is 0. The summed E-state index contributed by atoms with van der Waals surface area (Å²) in [6, 6.07) is 6.07. The summed E-state index contributed by atoms with van der Waals surface area (Å²) in [7, 11) is -2.54. The van der Waals surface area contributed by atoms with Crippen molar-refractivity contribution in [3.05, 3.63) is 75.6 Å². The molecule has 0 spiro atoms. The van der Waals surface area contributed by atoms with Gasteiger partial charge in [-0.2, -0.15) is 0 Å². The summed E-state index contributed by atoms with van der Waals surface area (Å²) in [5, 5.41) is 20.2. The number of phenols is 2. The van der Waals surface area contributed by atoms with Gasteiger partial charge in [0.25, 0.3) is 0 Å². The molecule has 8 heteroatoms. The smallest absolute Gasteiger partial charge is 0.200 e. The molecule has 0 bridgehead atoms. The van der Waals surface area contributed by atoms with E-state index in [0.717, 1.165) is 0 Å². The molecule has 0 saturated carbocycles. The van der Waals surface area contributed by atoms with Crippen LogP contribution >= 0.6 is 7.92 Å². The average Bonchev–Trinajstić information content (AvgIpc) is 2.68. The number of aromatic hydroxyl groups is 2. The number of phenolic OH excluding ortho intramolecular Hbond substituents is 2. The third-order valence-electron chi connectivity index (χ3n) is 4.74. The van der Waals surface area contributed by atoms with Crippen LogP contribution in [0.25, 0.3) is 0 Å². The molecule has 0 fully saturated rings. The maximum absolute atomic E-state index is 14.8. The summed E-state index contributed by atoms with van der Waals surface area (Å²) in [6.45, 7) is 6.45. The molecule has 0 aliphatic heterocycles. The Kier molecular flexibility index (Phi) is 5.79. The van der Waals surface area contributed by atoms with Gasteiger partial charge in [-0.15, -0.1) is 0 Å². The van der Waals surface area contributed by atoms with Gasteiger partial charge in [-0.05, 0) is 62.1 Å². The van der Waals surface area contributed by atoms with E-state index < -0.39 is 42.3 Å². The predicted molar refractivity (Wildman–Crippen MR) is 107 cm³/mol. The first-order chi connectivity index (χ1) is 14.0. The van der Waals surface area contributed by atoms with Crippen molar-refractivity contribution in [2.75, 3.05) is 0 Å². The molecule has 0 radical (unpaired) electrons. The van der Waals surface area contributed by atoms with Crippen LogP contribution in [0.4, 0.5) is 22.0 Å². The van der Waals surface area contributed by atoms with Crippen LogP contribution in [0.1, 0.15) is 22.3 Å². The van der Waals surface area contributed by atoms with Crippen LogP contribution in [0.2, 0.25) is 0 Å². The van der Waals surface area contributed by atoms with E-state index in [1.54, 1.807) is 39.8 Å². The molecule has 0 unspecified atom stereocenters. The van der Waals surface area contributed by atoms with E-state index in [2.05, 4.69) is 0 Å². The second kappa shape index (κ2) is 7.88. The van der Waals surface area contributed by atoms with Crippen molar-refractivity contribution in [1.82, 2.24) is 0 Å². The highest BCUT2D eigenvalue weighted by Crippen LogP contribution is 2.43. The largest absolute Gasteiger partial charge is 0.507 e. The highest BCUT2D eigenvalue weighted by Gasteiger charge is 2.35. The minimum absolute atomic E-state index is 0.0222. The number of rotatable bonds is 3. The summed E-state index contributed by atoms with van der Waals surface area (Å²) < 4.78 is 71.4. The van der Waals surface area contributed by atoms with E-state index in [4.69, 9.17) is 0 Å². The van der Waals surface area contributed by atoms with Gasteiger partial charge in [0.05, 0.1) is 5.30 Å². The lowest BCUT2D eigenvalue weighted by molar-refractivity contribution is 0.384. The molecule has 0 saturated heterocycles. The van der Waals surface area contributed by atoms with E-state index >= 15 is 0 Å². The highest BCUT2D eigenvalue weighted by atomic mass is 31.1. The van der Waals surface area contributed by atoms with Gasteiger partial charge in [0.15, 0.2) is 23.3 Å². The lowest BCUT2D eigenvalue weighted by Gasteiger charge is -2.25. The Morgan fingerprint density at radius 1 is 0.567 bits per heavy atom. The summed E-state index contributed by atoms with van der Waals surface area (Å²) in [6.07, 6.45) is 0. The minimum Gasteiger partial charge on any atom is -0.507 e. The summed E-state index contributed by atoms with van der Waals surface area (Å²) in [5.41, 5.74) is 1.96. The fourth-order valence-electron chi connectivity index (χ4n) is 3.38. The summed E-state index contributed by atoms with van der Waals surface area (Å²) in [4.78, 5) is 0. The zero-order valence-corrected chi connectivity index (χ0v) is 17.4. The van der Waals surface area contributed by atoms with Gasteiger partial charge in [-0.1, -0.05) is 12.1 Å². The Hall–Kier alpha value is -2.66. The van der Waals surface area contributed by atoms with Gasteiger partial charge >= 0.3 is 0 Å². The van der Waals surface area contributed by atoms with Crippen molar-refractivity contribution in [3.8, 4) is 11.5 Å². The topological polar surface area (TPSA) is 40.5 Å². The van der Waals surface area contributed by atoms with Crippen molar-refractivity contribution in [1.29, 1.82) is 0 Å². The van der Waals surface area contributed by atoms with Crippen LogP contribution in [-0.2, 0) is 0 Å². The van der Waals surface area contributed by atoms with E-state index in [1.165, 1.54) is 12.1 Å².